The van der Waals surface area contributed by atoms with E-state index in [9.17, 15) is 9.59 Å². The summed E-state index contributed by atoms with van der Waals surface area (Å²) < 4.78 is 9.03. The second kappa shape index (κ2) is 8.91. The SMILES string of the molecule is CSc1ncc(C(=O)OCC(=O)c2cc(C)n(-c3nccs3)c2C)n1-c1ccccc1. The highest BCUT2D eigenvalue weighted by Gasteiger charge is 2.22. The first-order chi connectivity index (χ1) is 15.0. The molecule has 0 bridgehead atoms. The lowest BCUT2D eigenvalue weighted by Gasteiger charge is -2.10. The van der Waals surface area contributed by atoms with Crippen LogP contribution in [0.1, 0.15) is 32.2 Å². The van der Waals surface area contributed by atoms with Gasteiger partial charge in [-0.1, -0.05) is 30.0 Å². The fraction of sp³-hybridized carbons (Fsp3) is 0.182. The summed E-state index contributed by atoms with van der Waals surface area (Å²) in [5, 5.41) is 3.34. The smallest absolute Gasteiger partial charge is 0.357 e. The molecule has 3 aromatic heterocycles. The number of aryl methyl sites for hydroxylation is 1. The van der Waals surface area contributed by atoms with Gasteiger partial charge in [-0.25, -0.2) is 14.8 Å². The molecule has 3 heterocycles. The lowest BCUT2D eigenvalue weighted by Crippen LogP contribution is -2.17. The molecule has 0 aliphatic rings. The van der Waals surface area contributed by atoms with Crippen LogP contribution in [0.25, 0.3) is 10.8 Å². The van der Waals surface area contributed by atoms with Crippen LogP contribution in [0.15, 0.2) is 59.3 Å². The van der Waals surface area contributed by atoms with Crippen molar-refractivity contribution in [2.24, 2.45) is 0 Å². The molecule has 4 aromatic rings. The molecule has 31 heavy (non-hydrogen) atoms. The van der Waals surface area contributed by atoms with Gasteiger partial charge in [-0.2, -0.15) is 0 Å². The Balaban J connectivity index is 1.54. The zero-order valence-electron chi connectivity index (χ0n) is 17.2. The number of esters is 1. The number of rotatable bonds is 7. The van der Waals surface area contributed by atoms with Gasteiger partial charge in [0, 0.05) is 34.2 Å². The maximum atomic E-state index is 12.8. The minimum Gasteiger partial charge on any atom is -0.453 e. The summed E-state index contributed by atoms with van der Waals surface area (Å²) in [4.78, 5) is 34.2. The van der Waals surface area contributed by atoms with Crippen LogP contribution in [0.4, 0.5) is 0 Å². The zero-order chi connectivity index (χ0) is 22.0. The minimum absolute atomic E-state index is 0.264. The first kappa shape index (κ1) is 21.1. The van der Waals surface area contributed by atoms with E-state index in [0.717, 1.165) is 22.2 Å². The maximum absolute atomic E-state index is 12.8. The molecular weight excluding hydrogens is 432 g/mol. The van der Waals surface area contributed by atoms with E-state index in [2.05, 4.69) is 9.97 Å². The monoisotopic (exact) mass is 452 g/mol. The number of hydrogen-bond donors (Lipinski definition) is 0. The van der Waals surface area contributed by atoms with Crippen LogP contribution in [0.3, 0.4) is 0 Å². The molecule has 0 aliphatic heterocycles. The number of carbonyl (C=O) groups is 2. The van der Waals surface area contributed by atoms with E-state index in [1.165, 1.54) is 29.3 Å². The molecule has 0 atom stereocenters. The van der Waals surface area contributed by atoms with Gasteiger partial charge in [-0.05, 0) is 38.3 Å². The van der Waals surface area contributed by atoms with Crippen LogP contribution in [0.5, 0.6) is 0 Å². The third kappa shape index (κ3) is 4.06. The third-order valence-corrected chi connectivity index (χ3v) is 6.22. The maximum Gasteiger partial charge on any atom is 0.357 e. The third-order valence-electron chi connectivity index (χ3n) is 4.81. The first-order valence-corrected chi connectivity index (χ1v) is 11.6. The van der Waals surface area contributed by atoms with Crippen LogP contribution in [0.2, 0.25) is 0 Å². The number of thiazole rings is 1. The molecule has 9 heteroatoms. The molecule has 4 rings (SSSR count). The van der Waals surface area contributed by atoms with Crippen molar-refractivity contribution in [2.75, 3.05) is 12.9 Å². The molecule has 0 fully saturated rings. The van der Waals surface area contributed by atoms with Crippen molar-refractivity contribution in [1.82, 2.24) is 19.1 Å². The van der Waals surface area contributed by atoms with E-state index < -0.39 is 5.97 Å². The Bertz CT molecular complexity index is 1230. The van der Waals surface area contributed by atoms with Crippen LogP contribution in [-0.2, 0) is 4.74 Å². The van der Waals surface area contributed by atoms with E-state index in [-0.39, 0.29) is 18.1 Å². The average Bonchev–Trinajstić information content (AvgIpc) is 3.51. The fourth-order valence-corrected chi connectivity index (χ4v) is 4.69. The van der Waals surface area contributed by atoms with Crippen molar-refractivity contribution in [3.63, 3.8) is 0 Å². The Kier molecular flexibility index (Phi) is 6.06. The molecule has 0 spiro atoms. The van der Waals surface area contributed by atoms with Gasteiger partial charge in [0.1, 0.15) is 0 Å². The average molecular weight is 453 g/mol. The summed E-state index contributed by atoms with van der Waals surface area (Å²) in [7, 11) is 0. The molecule has 0 saturated heterocycles. The number of hydrogen-bond acceptors (Lipinski definition) is 7. The second-order valence-corrected chi connectivity index (χ2v) is 8.38. The van der Waals surface area contributed by atoms with Crippen LogP contribution in [-0.4, -0.2) is 43.7 Å². The summed E-state index contributed by atoms with van der Waals surface area (Å²) in [5.74, 6) is -0.862. The number of ketones is 1. The Morgan fingerprint density at radius 1 is 1.13 bits per heavy atom. The van der Waals surface area contributed by atoms with E-state index in [4.69, 9.17) is 4.74 Å². The van der Waals surface area contributed by atoms with Gasteiger partial charge in [0.2, 0.25) is 5.78 Å². The first-order valence-electron chi connectivity index (χ1n) is 9.47. The van der Waals surface area contributed by atoms with Crippen molar-refractivity contribution in [3.05, 3.63) is 76.8 Å². The summed E-state index contributed by atoms with van der Waals surface area (Å²) in [6, 6.07) is 11.2. The number of benzene rings is 1. The van der Waals surface area contributed by atoms with Gasteiger partial charge in [0.25, 0.3) is 0 Å². The van der Waals surface area contributed by atoms with Crippen molar-refractivity contribution < 1.29 is 14.3 Å². The van der Waals surface area contributed by atoms with Crippen molar-refractivity contribution in [1.29, 1.82) is 0 Å². The Labute approximate surface area is 187 Å². The highest BCUT2D eigenvalue weighted by atomic mass is 32.2. The van der Waals surface area contributed by atoms with Gasteiger partial charge in [-0.15, -0.1) is 11.3 Å². The highest BCUT2D eigenvalue weighted by Crippen LogP contribution is 2.24. The highest BCUT2D eigenvalue weighted by molar-refractivity contribution is 7.98. The number of aromatic nitrogens is 4. The molecular formula is C22H20N4O3S2. The molecule has 158 valence electrons. The predicted octanol–water partition coefficient (Wildman–Crippen LogP) is 4.50. The molecule has 1 aromatic carbocycles. The van der Waals surface area contributed by atoms with Crippen LogP contribution >= 0.6 is 23.1 Å². The molecule has 0 aliphatic carbocycles. The van der Waals surface area contributed by atoms with Gasteiger partial charge in [0.15, 0.2) is 22.6 Å². The number of thioether (sulfide) groups is 1. The molecule has 0 N–H and O–H groups in total. The van der Waals surface area contributed by atoms with Gasteiger partial charge >= 0.3 is 5.97 Å². The topological polar surface area (TPSA) is 79.0 Å². The fourth-order valence-electron chi connectivity index (χ4n) is 3.40. The number of ether oxygens (including phenoxy) is 1. The molecule has 0 saturated carbocycles. The lowest BCUT2D eigenvalue weighted by atomic mass is 10.1. The number of Topliss-reactive ketones (excluding diaryl/α,β-unsaturated/α-hetero) is 1. The van der Waals surface area contributed by atoms with E-state index >= 15 is 0 Å². The standard InChI is InChI=1S/C22H20N4O3S2/c1-14-11-17(15(2)25(14)22-23-9-10-31-22)19(27)13-29-20(28)18-12-24-21(30-3)26(18)16-7-5-4-6-8-16/h4-12H,13H2,1-3H3. The van der Waals surface area contributed by atoms with E-state index in [0.29, 0.717) is 10.7 Å². The van der Waals surface area contributed by atoms with Crippen molar-refractivity contribution in [3.8, 4) is 10.8 Å². The normalized spacial score (nSPS) is 10.9. The predicted molar refractivity (Wildman–Crippen MR) is 121 cm³/mol. The summed E-state index contributed by atoms with van der Waals surface area (Å²) in [5.41, 5.74) is 3.26. The summed E-state index contributed by atoms with van der Waals surface area (Å²) in [6.45, 7) is 3.42. The Hall–Kier alpha value is -3.17. The van der Waals surface area contributed by atoms with Gasteiger partial charge < -0.3 is 4.74 Å². The molecule has 0 amide bonds. The van der Waals surface area contributed by atoms with Crippen LogP contribution < -0.4 is 0 Å². The van der Waals surface area contributed by atoms with E-state index in [1.54, 1.807) is 16.8 Å². The quantitative estimate of drug-likeness (QED) is 0.233. The van der Waals surface area contributed by atoms with Crippen molar-refractivity contribution >= 4 is 34.9 Å². The van der Waals surface area contributed by atoms with Crippen molar-refractivity contribution in [2.45, 2.75) is 19.0 Å². The largest absolute Gasteiger partial charge is 0.453 e. The minimum atomic E-state index is -0.598. The summed E-state index contributed by atoms with van der Waals surface area (Å²) >= 11 is 2.92. The lowest BCUT2D eigenvalue weighted by molar-refractivity contribution is 0.0466. The molecule has 0 radical (unpaired) electrons. The van der Waals surface area contributed by atoms with Gasteiger partial charge in [-0.3, -0.25) is 13.9 Å². The number of nitrogens with zero attached hydrogens (tertiary/aromatic N) is 4. The van der Waals surface area contributed by atoms with Crippen LogP contribution in [0, 0.1) is 13.8 Å². The number of imidazole rings is 1. The summed E-state index contributed by atoms with van der Waals surface area (Å²) in [6.07, 6.45) is 5.08. The Morgan fingerprint density at radius 3 is 2.58 bits per heavy atom. The second-order valence-electron chi connectivity index (χ2n) is 6.74. The Morgan fingerprint density at radius 2 is 1.90 bits per heavy atom. The van der Waals surface area contributed by atoms with Gasteiger partial charge in [0.05, 0.1) is 6.20 Å². The number of para-hydroxylation sites is 1. The van der Waals surface area contributed by atoms with E-state index in [1.807, 2.05) is 60.4 Å². The molecule has 7 nitrogen and oxygen atoms in total. The zero-order valence-corrected chi connectivity index (χ0v) is 18.9. The molecule has 0 unspecified atom stereocenters. The number of carbonyl (C=O) groups excluding carboxylic acids is 2.